The van der Waals surface area contributed by atoms with Gasteiger partial charge in [0.2, 0.25) is 5.91 Å². The van der Waals surface area contributed by atoms with Crippen molar-refractivity contribution in [2.24, 2.45) is 0 Å². The van der Waals surface area contributed by atoms with Gasteiger partial charge in [-0.05, 0) is 36.9 Å². The van der Waals surface area contributed by atoms with Gasteiger partial charge in [0.15, 0.2) is 11.6 Å². The number of nitrogens with one attached hydrogen (secondary N) is 3. The minimum atomic E-state index is -0.559. The number of amides is 1. The smallest absolute Gasteiger partial charge is 0.247 e. The number of benzene rings is 1. The summed E-state index contributed by atoms with van der Waals surface area (Å²) in [4.78, 5) is 19.2. The summed E-state index contributed by atoms with van der Waals surface area (Å²) in [7, 11) is 0. The predicted octanol–water partition coefficient (Wildman–Crippen LogP) is 3.31. The maximum absolute atomic E-state index is 14.4. The monoisotopic (exact) mass is 338 g/mol. The van der Waals surface area contributed by atoms with Gasteiger partial charge in [0.05, 0.1) is 5.39 Å². The van der Waals surface area contributed by atoms with E-state index in [1.54, 1.807) is 30.7 Å². The number of aromatic nitrogens is 2. The summed E-state index contributed by atoms with van der Waals surface area (Å²) in [6.45, 7) is 0. The largest absolute Gasteiger partial charge is 0.453 e. The minimum absolute atomic E-state index is 0.0763. The number of H-pyrrole nitrogens is 1. The number of nitrogens with zero attached hydrogens (tertiary/aromatic N) is 1. The molecule has 25 heavy (non-hydrogen) atoms. The van der Waals surface area contributed by atoms with Crippen LogP contribution in [0.5, 0.6) is 11.5 Å². The van der Waals surface area contributed by atoms with Crippen molar-refractivity contribution in [1.82, 2.24) is 15.3 Å². The molecule has 1 atom stereocenters. The third-order valence-corrected chi connectivity index (χ3v) is 3.94. The summed E-state index contributed by atoms with van der Waals surface area (Å²) in [6, 6.07) is 7.50. The molecule has 3 aromatic rings. The van der Waals surface area contributed by atoms with Crippen LogP contribution in [0.25, 0.3) is 11.0 Å². The summed E-state index contributed by atoms with van der Waals surface area (Å²) in [6.07, 6.45) is 7.55. The normalized spacial score (nSPS) is 16.0. The van der Waals surface area contributed by atoms with Crippen molar-refractivity contribution >= 4 is 22.6 Å². The van der Waals surface area contributed by atoms with Gasteiger partial charge in [-0.1, -0.05) is 6.08 Å². The van der Waals surface area contributed by atoms with Crippen molar-refractivity contribution in [3.63, 3.8) is 0 Å². The van der Waals surface area contributed by atoms with Gasteiger partial charge in [-0.2, -0.15) is 0 Å². The Morgan fingerprint density at radius 3 is 3.00 bits per heavy atom. The van der Waals surface area contributed by atoms with Crippen LogP contribution in [0.1, 0.15) is 6.42 Å². The third-order valence-electron chi connectivity index (χ3n) is 3.94. The first-order chi connectivity index (χ1) is 12.2. The maximum Gasteiger partial charge on any atom is 0.247 e. The Hall–Kier alpha value is -3.35. The number of aromatic amines is 1. The number of hydrogen-bond donors (Lipinski definition) is 3. The molecule has 0 spiro atoms. The summed E-state index contributed by atoms with van der Waals surface area (Å²) in [5.74, 6) is -0.187. The van der Waals surface area contributed by atoms with Gasteiger partial charge in [-0.3, -0.25) is 4.79 Å². The maximum atomic E-state index is 14.4. The van der Waals surface area contributed by atoms with Crippen LogP contribution in [0.2, 0.25) is 0 Å². The molecular formula is C18H15FN4O2. The number of rotatable bonds is 4. The average Bonchev–Trinajstić information content (AvgIpc) is 3.28. The van der Waals surface area contributed by atoms with E-state index >= 15 is 0 Å². The van der Waals surface area contributed by atoms with E-state index in [1.807, 2.05) is 12.1 Å². The van der Waals surface area contributed by atoms with Gasteiger partial charge >= 0.3 is 0 Å². The number of anilines is 1. The van der Waals surface area contributed by atoms with E-state index in [-0.39, 0.29) is 17.7 Å². The molecule has 1 aliphatic heterocycles. The number of carbonyl (C=O) groups is 1. The number of fused-ring (bicyclic) bond motifs is 1. The molecule has 0 aliphatic carbocycles. The minimum Gasteiger partial charge on any atom is -0.453 e. The highest BCUT2D eigenvalue weighted by Gasteiger charge is 2.19. The molecule has 0 saturated carbocycles. The molecule has 3 heterocycles. The molecule has 126 valence electrons. The van der Waals surface area contributed by atoms with Crippen LogP contribution in [0, 0.1) is 5.82 Å². The molecule has 0 bridgehead atoms. The van der Waals surface area contributed by atoms with Crippen molar-refractivity contribution in [3.8, 4) is 11.5 Å². The topological polar surface area (TPSA) is 79.0 Å². The summed E-state index contributed by atoms with van der Waals surface area (Å²) in [5.41, 5.74) is 1.05. The van der Waals surface area contributed by atoms with E-state index in [1.165, 1.54) is 12.1 Å². The zero-order valence-corrected chi connectivity index (χ0v) is 13.1. The summed E-state index contributed by atoms with van der Waals surface area (Å²) >= 11 is 0. The summed E-state index contributed by atoms with van der Waals surface area (Å²) in [5, 5.41) is 6.38. The Labute approximate surface area is 142 Å². The highest BCUT2D eigenvalue weighted by atomic mass is 19.1. The molecule has 1 unspecified atom stereocenters. The van der Waals surface area contributed by atoms with Gasteiger partial charge in [0.25, 0.3) is 0 Å². The molecule has 6 nitrogen and oxygen atoms in total. The Bertz CT molecular complexity index is 959. The van der Waals surface area contributed by atoms with Crippen molar-refractivity contribution in [3.05, 3.63) is 60.8 Å². The average molecular weight is 338 g/mol. The van der Waals surface area contributed by atoms with Crippen LogP contribution >= 0.6 is 0 Å². The lowest BCUT2D eigenvalue weighted by Crippen LogP contribution is -2.34. The Balaban J connectivity index is 1.52. The van der Waals surface area contributed by atoms with Crippen molar-refractivity contribution in [2.45, 2.75) is 12.5 Å². The quantitative estimate of drug-likeness (QED) is 0.682. The van der Waals surface area contributed by atoms with Crippen molar-refractivity contribution < 1.29 is 13.9 Å². The fourth-order valence-corrected chi connectivity index (χ4v) is 2.67. The first-order valence-electron chi connectivity index (χ1n) is 7.82. The molecule has 0 radical (unpaired) electrons. The number of pyridine rings is 1. The zero-order chi connectivity index (χ0) is 17.2. The van der Waals surface area contributed by atoms with Gasteiger partial charge in [-0.15, -0.1) is 0 Å². The van der Waals surface area contributed by atoms with Crippen LogP contribution < -0.4 is 15.4 Å². The van der Waals surface area contributed by atoms with Crippen molar-refractivity contribution in [1.29, 1.82) is 0 Å². The Morgan fingerprint density at radius 1 is 1.28 bits per heavy atom. The fourth-order valence-electron chi connectivity index (χ4n) is 2.67. The predicted molar refractivity (Wildman–Crippen MR) is 91.9 cm³/mol. The van der Waals surface area contributed by atoms with Crippen LogP contribution in [-0.2, 0) is 4.79 Å². The molecule has 0 fully saturated rings. The molecule has 4 rings (SSSR count). The highest BCUT2D eigenvalue weighted by Crippen LogP contribution is 2.31. The van der Waals surface area contributed by atoms with Gasteiger partial charge in [0, 0.05) is 24.1 Å². The van der Waals surface area contributed by atoms with E-state index in [0.717, 1.165) is 5.39 Å². The second-order valence-corrected chi connectivity index (χ2v) is 5.64. The van der Waals surface area contributed by atoms with Crippen molar-refractivity contribution in [2.75, 3.05) is 5.32 Å². The molecule has 7 heteroatoms. The first-order valence-corrected chi connectivity index (χ1v) is 7.82. The Morgan fingerprint density at radius 2 is 2.20 bits per heavy atom. The summed E-state index contributed by atoms with van der Waals surface area (Å²) < 4.78 is 20.0. The molecule has 1 aromatic carbocycles. The molecule has 1 aliphatic rings. The van der Waals surface area contributed by atoms with Crippen LogP contribution in [0.15, 0.2) is 55.0 Å². The number of hydrogen-bond acceptors (Lipinski definition) is 4. The third kappa shape index (κ3) is 3.03. The second-order valence-electron chi connectivity index (χ2n) is 5.64. The lowest BCUT2D eigenvalue weighted by molar-refractivity contribution is -0.117. The zero-order valence-electron chi connectivity index (χ0n) is 13.1. The number of halogens is 1. The molecule has 3 N–H and O–H groups in total. The van der Waals surface area contributed by atoms with Crippen LogP contribution in [-0.4, -0.2) is 21.9 Å². The first kappa shape index (κ1) is 15.2. The van der Waals surface area contributed by atoms with Crippen LogP contribution in [0.4, 0.5) is 10.1 Å². The lowest BCUT2D eigenvalue weighted by atomic mass is 10.2. The second kappa shape index (κ2) is 6.27. The van der Waals surface area contributed by atoms with E-state index < -0.39 is 5.82 Å². The van der Waals surface area contributed by atoms with E-state index in [4.69, 9.17) is 4.74 Å². The molecule has 0 saturated heterocycles. The van der Waals surface area contributed by atoms with E-state index in [0.29, 0.717) is 23.5 Å². The van der Waals surface area contributed by atoms with Gasteiger partial charge in [-0.25, -0.2) is 9.37 Å². The molecule has 2 aromatic heterocycles. The number of ether oxygens (including phenoxy) is 1. The van der Waals surface area contributed by atoms with E-state index in [2.05, 4.69) is 20.6 Å². The SMILES string of the molecule is O=C(Nc1ccc(Oc2ccnc3[nH]ccc23)c(F)c1)C1CC=CN1. The molecular weight excluding hydrogens is 323 g/mol. The number of carbonyl (C=O) groups excluding carboxylic acids is 1. The fraction of sp³-hybridized carbons (Fsp3) is 0.111. The standard InChI is InChI=1S/C18H15FN4O2/c19-13-10-11(23-18(24)14-2-1-7-20-14)3-4-16(13)25-15-6-9-22-17-12(15)5-8-21-17/h1,3-10,14,20H,2H2,(H,21,22)(H,23,24). The van der Waals surface area contributed by atoms with Gasteiger partial charge in [0.1, 0.15) is 17.4 Å². The van der Waals surface area contributed by atoms with E-state index in [9.17, 15) is 9.18 Å². The van der Waals surface area contributed by atoms with Gasteiger partial charge < -0.3 is 20.4 Å². The Kier molecular flexibility index (Phi) is 3.81. The lowest BCUT2D eigenvalue weighted by Gasteiger charge is -2.13. The highest BCUT2D eigenvalue weighted by molar-refractivity contribution is 5.95. The molecule has 1 amide bonds. The van der Waals surface area contributed by atoms with Crippen LogP contribution in [0.3, 0.4) is 0 Å².